The van der Waals surface area contributed by atoms with E-state index in [4.69, 9.17) is 11.5 Å². The Bertz CT molecular complexity index is 1770. The molecule has 4 heterocycles. The van der Waals surface area contributed by atoms with Crippen molar-refractivity contribution >= 4 is 75.2 Å². The van der Waals surface area contributed by atoms with E-state index < -0.39 is 64.6 Å². The van der Waals surface area contributed by atoms with E-state index in [0.29, 0.717) is 5.69 Å². The first kappa shape index (κ1) is 32.2. The number of nitrogen functional groups attached to an aromatic ring is 1. The summed E-state index contributed by atoms with van der Waals surface area (Å²) in [6.07, 6.45) is -4.16. The third-order valence-corrected chi connectivity index (χ3v) is 8.89. The fraction of sp³-hybridized carbons (Fsp3) is 0.231. The molecule has 15 nitrogen and oxygen atoms in total. The molecule has 4 amide bonds. The van der Waals surface area contributed by atoms with E-state index in [2.05, 4.69) is 20.2 Å². The quantitative estimate of drug-likeness (QED) is 0.0604. The van der Waals surface area contributed by atoms with Crippen LogP contribution in [0, 0.1) is 0 Å². The molecule has 6 N–H and O–H groups in total. The number of hydrogen-bond acceptors (Lipinski definition) is 13. The highest BCUT2D eigenvalue weighted by molar-refractivity contribution is 8.00. The van der Waals surface area contributed by atoms with Crippen LogP contribution < -0.4 is 21.7 Å². The fourth-order valence-corrected chi connectivity index (χ4v) is 6.62. The summed E-state index contributed by atoms with van der Waals surface area (Å²) in [5.74, 6) is -7.96. The number of thiazole rings is 1. The van der Waals surface area contributed by atoms with Crippen molar-refractivity contribution in [1.82, 2.24) is 15.2 Å². The summed E-state index contributed by atoms with van der Waals surface area (Å²) >= 11 is 1.94. The molecule has 3 aliphatic rings. The number of nitrogens with one attached hydrogen (secondary N) is 1. The lowest BCUT2D eigenvalue weighted by atomic mass is 10.0. The Labute approximate surface area is 263 Å². The molecule has 240 valence electrons. The van der Waals surface area contributed by atoms with Crippen LogP contribution in [-0.2, 0) is 28.7 Å². The van der Waals surface area contributed by atoms with Crippen molar-refractivity contribution in [1.29, 1.82) is 0 Å². The second-order valence-corrected chi connectivity index (χ2v) is 11.7. The molecule has 1 aromatic heterocycles. The first-order valence-electron chi connectivity index (χ1n) is 12.9. The lowest BCUT2D eigenvalue weighted by Gasteiger charge is -2.49. The first-order valence-corrected chi connectivity index (χ1v) is 14.8. The molecular weight excluding hydrogens is 659 g/mol. The van der Waals surface area contributed by atoms with E-state index in [-0.39, 0.29) is 46.3 Å². The number of primary amides is 1. The Kier molecular flexibility index (Phi) is 8.58. The summed E-state index contributed by atoms with van der Waals surface area (Å²) in [4.78, 5) is 81.1. The van der Waals surface area contributed by atoms with Gasteiger partial charge in [-0.05, 0) is 42.3 Å². The number of thioether (sulfide) groups is 1. The Morgan fingerprint density at radius 1 is 1.17 bits per heavy atom. The second kappa shape index (κ2) is 12.3. The second-order valence-electron chi connectivity index (χ2n) is 9.72. The molecule has 0 unspecified atom stereocenters. The Morgan fingerprint density at radius 2 is 1.87 bits per heavy atom. The number of benzene rings is 1. The number of anilines is 2. The molecule has 20 heteroatoms. The zero-order valence-corrected chi connectivity index (χ0v) is 24.6. The van der Waals surface area contributed by atoms with Gasteiger partial charge < -0.3 is 31.6 Å². The number of esters is 2. The Morgan fingerprint density at radius 3 is 2.46 bits per heavy atom. The molecule has 2 atom stereocenters. The molecular formula is C26H20F3N7O8S2. The molecule has 0 spiro atoms. The number of carbonyl (C=O) groups excluding carboxylic acids is 6. The molecule has 0 aliphatic carbocycles. The number of fused-ring (bicyclic) bond motifs is 1. The molecule has 2 aromatic rings. The Balaban J connectivity index is 1.42. The number of amides is 4. The van der Waals surface area contributed by atoms with Crippen molar-refractivity contribution in [3.63, 3.8) is 0 Å². The van der Waals surface area contributed by atoms with Gasteiger partial charge in [-0.3, -0.25) is 24.1 Å². The lowest BCUT2D eigenvalue weighted by Crippen LogP contribution is -2.71. The number of rotatable bonds is 7. The fourth-order valence-electron chi connectivity index (χ4n) is 4.76. The molecule has 0 radical (unpaired) electrons. The van der Waals surface area contributed by atoms with Crippen molar-refractivity contribution in [3.8, 4) is 0 Å². The molecule has 5 rings (SSSR count). The van der Waals surface area contributed by atoms with Crippen LogP contribution in [0.5, 0.6) is 0 Å². The molecule has 46 heavy (non-hydrogen) atoms. The number of oxime groups is 1. The minimum atomic E-state index is -5.53. The van der Waals surface area contributed by atoms with Crippen LogP contribution >= 0.6 is 23.1 Å². The maximum absolute atomic E-state index is 13.2. The highest BCUT2D eigenvalue weighted by Gasteiger charge is 2.55. The van der Waals surface area contributed by atoms with Crippen molar-refractivity contribution in [2.24, 2.45) is 10.9 Å². The topological polar surface area (TPSA) is 228 Å². The highest BCUT2D eigenvalue weighted by Crippen LogP contribution is 2.42. The number of hydrogen-bond donors (Lipinski definition) is 4. The molecule has 0 bridgehead atoms. The normalized spacial score (nSPS) is 20.8. The third kappa shape index (κ3) is 6.03. The largest absolute Gasteiger partial charge is 0.491 e. The maximum atomic E-state index is 13.2. The van der Waals surface area contributed by atoms with Gasteiger partial charge in [0.05, 0.1) is 0 Å². The molecule has 3 aliphatic heterocycles. The highest BCUT2D eigenvalue weighted by atomic mass is 32.2. The number of nitrogens with zero attached hydrogens (tertiary/aromatic N) is 4. The van der Waals surface area contributed by atoms with Crippen molar-refractivity contribution in [2.45, 2.75) is 24.0 Å². The third-order valence-electron chi connectivity index (χ3n) is 6.91. The van der Waals surface area contributed by atoms with Crippen LogP contribution in [-0.4, -0.2) is 86.3 Å². The smallest absolute Gasteiger partial charge is 0.410 e. The molecule has 2 fully saturated rings. The Hall–Kier alpha value is -5.24. The monoisotopic (exact) mass is 679 g/mol. The number of allylic oxidation sites excluding steroid dienone is 1. The average Bonchev–Trinajstić information content (AvgIpc) is 3.60. The van der Waals surface area contributed by atoms with E-state index in [1.165, 1.54) is 40.6 Å². The minimum absolute atomic E-state index is 0.0610. The number of β-lactam (4-membered cyclic amide) rings is 1. The summed E-state index contributed by atoms with van der Waals surface area (Å²) in [7, 11) is 0. The molecule has 2 saturated heterocycles. The number of halogens is 3. The van der Waals surface area contributed by atoms with Gasteiger partial charge in [0.15, 0.2) is 10.8 Å². The van der Waals surface area contributed by atoms with E-state index in [1.54, 1.807) is 0 Å². The number of alkyl halides is 3. The zero-order chi connectivity index (χ0) is 33.5. The SMILES string of the molecule is NC(=O)c1ccc(N2CCC(=CC3=C(C(=O)OC(=O)C(F)(F)F)N4C(=O)[C@@H](NC(=O)/C(=N\O)c5csc(N)n5)[C@H]4SC3)C2=O)cc1. The average molecular weight is 680 g/mol. The van der Waals surface area contributed by atoms with E-state index in [0.717, 1.165) is 28.0 Å². The predicted molar refractivity (Wildman–Crippen MR) is 154 cm³/mol. The summed E-state index contributed by atoms with van der Waals surface area (Å²) in [6.45, 7) is 0.173. The van der Waals surface area contributed by atoms with Crippen molar-refractivity contribution in [3.05, 3.63) is 63.8 Å². The van der Waals surface area contributed by atoms with E-state index in [1.807, 2.05) is 0 Å². The van der Waals surface area contributed by atoms with Gasteiger partial charge in [0.25, 0.3) is 17.7 Å². The minimum Gasteiger partial charge on any atom is -0.410 e. The van der Waals surface area contributed by atoms with Gasteiger partial charge in [0.1, 0.15) is 22.8 Å². The van der Waals surface area contributed by atoms with Gasteiger partial charge in [0, 0.05) is 34.5 Å². The summed E-state index contributed by atoms with van der Waals surface area (Å²) in [5.41, 5.74) is 10.1. The van der Waals surface area contributed by atoms with Gasteiger partial charge in [-0.2, -0.15) is 13.2 Å². The standard InChI is InChI=1S/C26H20F3N7O8S2/c27-26(28,29)24(42)44-23(41)17-12(7-11-5-6-35(20(11)39)13-3-1-10(2-4-13)18(30)37)8-45-22-16(21(40)36(17)22)33-19(38)15(34-43)14-9-46-25(31)32-14/h1-4,7,9,16,22,43H,5-6,8H2,(H2,30,37)(H2,31,32)(H,33,38)/b11-7?,34-15-/t16-,22-/m1/s1. The van der Waals surface area contributed by atoms with Crippen LogP contribution in [0.4, 0.5) is 24.0 Å². The van der Waals surface area contributed by atoms with Gasteiger partial charge in [0.2, 0.25) is 5.91 Å². The molecule has 0 saturated carbocycles. The van der Waals surface area contributed by atoms with Crippen LogP contribution in [0.3, 0.4) is 0 Å². The van der Waals surface area contributed by atoms with Crippen molar-refractivity contribution in [2.75, 3.05) is 22.9 Å². The van der Waals surface area contributed by atoms with Crippen LogP contribution in [0.1, 0.15) is 22.5 Å². The van der Waals surface area contributed by atoms with Gasteiger partial charge >= 0.3 is 18.1 Å². The summed E-state index contributed by atoms with van der Waals surface area (Å²) in [5, 5.41) is 14.9. The number of carbonyl (C=O) groups is 6. The van der Waals surface area contributed by atoms with E-state index in [9.17, 15) is 47.1 Å². The van der Waals surface area contributed by atoms with Gasteiger partial charge in [-0.1, -0.05) is 5.16 Å². The van der Waals surface area contributed by atoms with Crippen LogP contribution in [0.25, 0.3) is 0 Å². The zero-order valence-electron chi connectivity index (χ0n) is 22.9. The maximum Gasteiger partial charge on any atom is 0.491 e. The number of nitrogens with two attached hydrogens (primary N) is 2. The number of aromatic nitrogens is 1. The van der Waals surface area contributed by atoms with Gasteiger partial charge in [-0.25, -0.2) is 14.6 Å². The van der Waals surface area contributed by atoms with E-state index >= 15 is 0 Å². The lowest BCUT2D eigenvalue weighted by molar-refractivity contribution is -0.201. The first-order chi connectivity index (χ1) is 21.7. The van der Waals surface area contributed by atoms with Crippen LogP contribution in [0.2, 0.25) is 0 Å². The van der Waals surface area contributed by atoms with Gasteiger partial charge in [-0.15, -0.1) is 23.1 Å². The molecule has 1 aromatic carbocycles. The van der Waals surface area contributed by atoms with Crippen LogP contribution in [0.15, 0.2) is 57.7 Å². The summed E-state index contributed by atoms with van der Waals surface area (Å²) < 4.78 is 42.9. The number of ether oxygens (including phenoxy) is 1. The van der Waals surface area contributed by atoms with Crippen molar-refractivity contribution < 1.29 is 51.9 Å². The summed E-state index contributed by atoms with van der Waals surface area (Å²) in [6, 6.07) is 4.50. The predicted octanol–water partition coefficient (Wildman–Crippen LogP) is 0.652.